The molecule has 1 aromatic heterocycles. The minimum absolute atomic E-state index is 0.505. The van der Waals surface area contributed by atoms with Gasteiger partial charge in [-0.25, -0.2) is 4.98 Å². The number of hydrogen-bond donors (Lipinski definition) is 0. The highest BCUT2D eigenvalue weighted by atomic mass is 79.9. The van der Waals surface area contributed by atoms with Gasteiger partial charge in [-0.05, 0) is 53.5 Å². The molecule has 92 valence electrons. The maximum Gasteiger partial charge on any atom is 0.222 e. The standard InChI is InChI=1S/C14H12BrNO2/c1-9-3-4-13(12(15)5-9)18-14-10(2)6-11(8-17)7-16-14/h3-8H,1-2H3. The van der Waals surface area contributed by atoms with Gasteiger partial charge in [-0.15, -0.1) is 0 Å². The van der Waals surface area contributed by atoms with E-state index < -0.39 is 0 Å². The predicted octanol–water partition coefficient (Wildman–Crippen LogP) is 4.07. The lowest BCUT2D eigenvalue weighted by Crippen LogP contribution is -1.94. The molecule has 0 amide bonds. The van der Waals surface area contributed by atoms with Crippen molar-refractivity contribution in [3.63, 3.8) is 0 Å². The molecule has 0 radical (unpaired) electrons. The zero-order valence-electron chi connectivity index (χ0n) is 10.1. The third-order valence-electron chi connectivity index (χ3n) is 2.48. The highest BCUT2D eigenvalue weighted by Gasteiger charge is 2.07. The van der Waals surface area contributed by atoms with Crippen LogP contribution in [0.25, 0.3) is 0 Å². The summed E-state index contributed by atoms with van der Waals surface area (Å²) in [6.45, 7) is 3.87. The van der Waals surface area contributed by atoms with Crippen molar-refractivity contribution in [3.8, 4) is 11.6 Å². The third kappa shape index (κ3) is 2.76. The van der Waals surface area contributed by atoms with Crippen molar-refractivity contribution < 1.29 is 9.53 Å². The van der Waals surface area contributed by atoms with E-state index in [0.717, 1.165) is 21.9 Å². The Bertz CT molecular complexity index is 596. The van der Waals surface area contributed by atoms with Gasteiger partial charge < -0.3 is 4.74 Å². The Hall–Kier alpha value is -1.68. The van der Waals surface area contributed by atoms with Crippen LogP contribution < -0.4 is 4.74 Å². The number of hydrogen-bond acceptors (Lipinski definition) is 3. The number of benzene rings is 1. The van der Waals surface area contributed by atoms with E-state index in [-0.39, 0.29) is 0 Å². The minimum atomic E-state index is 0.505. The van der Waals surface area contributed by atoms with E-state index in [9.17, 15) is 4.79 Å². The molecule has 0 aliphatic rings. The fourth-order valence-corrected chi connectivity index (χ4v) is 2.12. The Morgan fingerprint density at radius 1 is 1.28 bits per heavy atom. The van der Waals surface area contributed by atoms with Gasteiger partial charge in [-0.3, -0.25) is 4.79 Å². The third-order valence-corrected chi connectivity index (χ3v) is 3.10. The second-order valence-electron chi connectivity index (χ2n) is 4.04. The highest BCUT2D eigenvalue weighted by Crippen LogP contribution is 2.30. The zero-order chi connectivity index (χ0) is 13.1. The highest BCUT2D eigenvalue weighted by molar-refractivity contribution is 9.10. The molecule has 2 rings (SSSR count). The van der Waals surface area contributed by atoms with Crippen molar-refractivity contribution in [2.45, 2.75) is 13.8 Å². The van der Waals surface area contributed by atoms with Gasteiger partial charge in [-0.1, -0.05) is 6.07 Å². The van der Waals surface area contributed by atoms with E-state index in [2.05, 4.69) is 20.9 Å². The van der Waals surface area contributed by atoms with Gasteiger partial charge >= 0.3 is 0 Å². The van der Waals surface area contributed by atoms with Crippen LogP contribution >= 0.6 is 15.9 Å². The lowest BCUT2D eigenvalue weighted by molar-refractivity contribution is 0.112. The van der Waals surface area contributed by atoms with Crippen LogP contribution in [0.5, 0.6) is 11.6 Å². The summed E-state index contributed by atoms with van der Waals surface area (Å²) in [6.07, 6.45) is 2.27. The summed E-state index contributed by atoms with van der Waals surface area (Å²) in [7, 11) is 0. The summed E-state index contributed by atoms with van der Waals surface area (Å²) < 4.78 is 6.60. The smallest absolute Gasteiger partial charge is 0.222 e. The van der Waals surface area contributed by atoms with Gasteiger partial charge in [0, 0.05) is 17.3 Å². The molecule has 0 spiro atoms. The monoisotopic (exact) mass is 305 g/mol. The lowest BCUT2D eigenvalue weighted by atomic mass is 10.2. The van der Waals surface area contributed by atoms with E-state index in [1.54, 1.807) is 6.07 Å². The first-order valence-electron chi connectivity index (χ1n) is 5.46. The van der Waals surface area contributed by atoms with Crippen LogP contribution in [0.4, 0.5) is 0 Å². The molecule has 0 unspecified atom stereocenters. The Morgan fingerprint density at radius 2 is 2.06 bits per heavy atom. The average Bonchev–Trinajstić information content (AvgIpc) is 2.34. The fraction of sp³-hybridized carbons (Fsp3) is 0.143. The molecule has 0 N–H and O–H groups in total. The first-order valence-corrected chi connectivity index (χ1v) is 6.25. The number of nitrogens with zero attached hydrogens (tertiary/aromatic N) is 1. The molecular formula is C14H12BrNO2. The number of halogens is 1. The first-order chi connectivity index (χ1) is 8.60. The molecule has 0 atom stereocenters. The topological polar surface area (TPSA) is 39.2 Å². The molecule has 18 heavy (non-hydrogen) atoms. The van der Waals surface area contributed by atoms with Gasteiger partial charge in [0.25, 0.3) is 0 Å². The predicted molar refractivity (Wildman–Crippen MR) is 73.3 cm³/mol. The quantitative estimate of drug-likeness (QED) is 0.803. The van der Waals surface area contributed by atoms with E-state index in [4.69, 9.17) is 4.74 Å². The first kappa shape index (κ1) is 12.8. The van der Waals surface area contributed by atoms with Gasteiger partial charge in [0.15, 0.2) is 6.29 Å². The molecule has 1 aromatic carbocycles. The van der Waals surface area contributed by atoms with Crippen molar-refractivity contribution in [1.29, 1.82) is 0 Å². The van der Waals surface area contributed by atoms with E-state index in [1.165, 1.54) is 6.20 Å². The van der Waals surface area contributed by atoms with E-state index >= 15 is 0 Å². The summed E-state index contributed by atoms with van der Waals surface area (Å²) in [6, 6.07) is 7.57. The molecule has 0 fully saturated rings. The molecule has 4 heteroatoms. The number of carbonyl (C=O) groups is 1. The van der Waals surface area contributed by atoms with Crippen molar-refractivity contribution >= 4 is 22.2 Å². The van der Waals surface area contributed by atoms with Crippen molar-refractivity contribution in [2.75, 3.05) is 0 Å². The van der Waals surface area contributed by atoms with Gasteiger partial charge in [0.1, 0.15) is 5.75 Å². The van der Waals surface area contributed by atoms with Crippen LogP contribution in [0.1, 0.15) is 21.5 Å². The number of carbonyl (C=O) groups excluding carboxylic acids is 1. The van der Waals surface area contributed by atoms with E-state index in [0.29, 0.717) is 17.2 Å². The van der Waals surface area contributed by atoms with Gasteiger partial charge in [0.05, 0.1) is 4.47 Å². The minimum Gasteiger partial charge on any atom is -0.438 e. The normalized spacial score (nSPS) is 10.2. The average molecular weight is 306 g/mol. The maximum atomic E-state index is 10.6. The fourth-order valence-electron chi connectivity index (χ4n) is 1.55. The molecule has 3 nitrogen and oxygen atoms in total. The van der Waals surface area contributed by atoms with Gasteiger partial charge in [0.2, 0.25) is 5.88 Å². The molecule has 0 aliphatic heterocycles. The maximum absolute atomic E-state index is 10.6. The SMILES string of the molecule is Cc1ccc(Oc2ncc(C=O)cc2C)c(Br)c1. The largest absolute Gasteiger partial charge is 0.438 e. The molecule has 0 saturated heterocycles. The summed E-state index contributed by atoms with van der Waals surface area (Å²) in [4.78, 5) is 14.8. The number of aromatic nitrogens is 1. The van der Waals surface area contributed by atoms with Crippen LogP contribution in [0, 0.1) is 13.8 Å². The van der Waals surface area contributed by atoms with Gasteiger partial charge in [-0.2, -0.15) is 0 Å². The van der Waals surface area contributed by atoms with E-state index in [1.807, 2.05) is 32.0 Å². The summed E-state index contributed by atoms with van der Waals surface area (Å²) in [5.41, 5.74) is 2.52. The molecule has 0 saturated carbocycles. The Morgan fingerprint density at radius 3 is 2.67 bits per heavy atom. The van der Waals surface area contributed by atoms with Crippen LogP contribution in [0.3, 0.4) is 0 Å². The second-order valence-corrected chi connectivity index (χ2v) is 4.90. The summed E-state index contributed by atoms with van der Waals surface area (Å²) in [5, 5.41) is 0. The van der Waals surface area contributed by atoms with Crippen molar-refractivity contribution in [3.05, 3.63) is 51.6 Å². The molecule has 1 heterocycles. The zero-order valence-corrected chi connectivity index (χ0v) is 11.7. The number of aryl methyl sites for hydroxylation is 2. The van der Waals surface area contributed by atoms with Crippen molar-refractivity contribution in [1.82, 2.24) is 4.98 Å². The Labute approximate surface area is 114 Å². The lowest BCUT2D eigenvalue weighted by Gasteiger charge is -2.09. The summed E-state index contributed by atoms with van der Waals surface area (Å²) >= 11 is 3.45. The molecule has 0 bridgehead atoms. The Kier molecular flexibility index (Phi) is 3.77. The van der Waals surface area contributed by atoms with Crippen LogP contribution in [-0.2, 0) is 0 Å². The molecular weight excluding hydrogens is 294 g/mol. The number of pyridine rings is 1. The molecule has 0 aliphatic carbocycles. The van der Waals surface area contributed by atoms with Crippen molar-refractivity contribution in [2.24, 2.45) is 0 Å². The van der Waals surface area contributed by atoms with Crippen LogP contribution in [0.15, 0.2) is 34.9 Å². The van der Waals surface area contributed by atoms with Crippen LogP contribution in [0.2, 0.25) is 0 Å². The van der Waals surface area contributed by atoms with Crippen LogP contribution in [-0.4, -0.2) is 11.3 Å². The second kappa shape index (κ2) is 5.31. The summed E-state index contributed by atoms with van der Waals surface area (Å²) in [5.74, 6) is 1.21. The molecule has 2 aromatic rings. The number of rotatable bonds is 3. The number of aldehydes is 1. The number of ether oxygens (including phenoxy) is 1. The Balaban J connectivity index is 2.31.